The van der Waals surface area contributed by atoms with E-state index in [-0.39, 0.29) is 5.91 Å². The third-order valence-corrected chi connectivity index (χ3v) is 5.32. The first-order valence-electron chi connectivity index (χ1n) is 9.48. The Hall–Kier alpha value is -2.77. The molecule has 2 heterocycles. The lowest BCUT2D eigenvalue weighted by molar-refractivity contribution is 0.0951. The van der Waals surface area contributed by atoms with Crippen molar-refractivity contribution in [1.29, 1.82) is 0 Å². The van der Waals surface area contributed by atoms with Crippen LogP contribution in [0.3, 0.4) is 0 Å². The van der Waals surface area contributed by atoms with Crippen LogP contribution in [-0.4, -0.2) is 42.4 Å². The fourth-order valence-corrected chi connectivity index (χ4v) is 3.38. The van der Waals surface area contributed by atoms with Crippen LogP contribution in [0.15, 0.2) is 65.1 Å². The Bertz CT molecular complexity index is 954. The molecule has 1 aliphatic heterocycles. The smallest absolute Gasteiger partial charge is 0.251 e. The average Bonchev–Trinajstić information content (AvgIpc) is 2.79. The Balaban J connectivity index is 1.38. The van der Waals surface area contributed by atoms with Gasteiger partial charge < -0.3 is 15.0 Å². The summed E-state index contributed by atoms with van der Waals surface area (Å²) in [5.41, 5.74) is 3.37. The van der Waals surface area contributed by atoms with E-state index in [4.69, 9.17) is 4.74 Å². The van der Waals surface area contributed by atoms with E-state index >= 15 is 0 Å². The summed E-state index contributed by atoms with van der Waals surface area (Å²) in [6.07, 6.45) is 0. The molecule has 0 unspecified atom stereocenters. The molecule has 3 aromatic rings. The van der Waals surface area contributed by atoms with E-state index in [9.17, 15) is 4.79 Å². The number of carbonyl (C=O) groups excluding carboxylic acids is 1. The Morgan fingerprint density at radius 2 is 1.69 bits per heavy atom. The number of rotatable bonds is 5. The minimum absolute atomic E-state index is 0.104. The molecule has 1 saturated heterocycles. The number of hydrogen-bond donors (Lipinski definition) is 1. The number of carbonyl (C=O) groups is 1. The van der Waals surface area contributed by atoms with Gasteiger partial charge in [-0.25, -0.2) is 0 Å². The molecule has 0 atom stereocenters. The lowest BCUT2D eigenvalue weighted by atomic mass is 10.1. The lowest BCUT2D eigenvalue weighted by Crippen LogP contribution is -2.36. The van der Waals surface area contributed by atoms with Crippen molar-refractivity contribution in [1.82, 2.24) is 15.5 Å². The first-order valence-corrected chi connectivity index (χ1v) is 10.3. The topological polar surface area (TPSA) is 67.4 Å². The van der Waals surface area contributed by atoms with Crippen LogP contribution in [-0.2, 0) is 11.3 Å². The number of morpholine rings is 1. The van der Waals surface area contributed by atoms with Crippen molar-refractivity contribution >= 4 is 27.7 Å². The van der Waals surface area contributed by atoms with Crippen molar-refractivity contribution in [3.63, 3.8) is 0 Å². The van der Waals surface area contributed by atoms with Gasteiger partial charge in [0.05, 0.1) is 18.9 Å². The highest BCUT2D eigenvalue weighted by molar-refractivity contribution is 9.10. The van der Waals surface area contributed by atoms with E-state index in [0.29, 0.717) is 12.1 Å². The van der Waals surface area contributed by atoms with Crippen molar-refractivity contribution in [2.45, 2.75) is 6.54 Å². The summed E-state index contributed by atoms with van der Waals surface area (Å²) < 4.78 is 6.39. The second-order valence-electron chi connectivity index (χ2n) is 6.76. The molecular weight excluding hydrogens is 432 g/mol. The minimum atomic E-state index is -0.104. The standard InChI is InChI=1S/C22H21BrN4O2/c23-19-7-1-16(2-8-19)15-24-22(28)18-5-3-17(4-6-18)20-9-10-21(26-25-20)27-11-13-29-14-12-27/h1-10H,11-15H2,(H,24,28). The van der Waals surface area contributed by atoms with Gasteiger partial charge in [0.2, 0.25) is 0 Å². The first-order chi connectivity index (χ1) is 14.2. The zero-order chi connectivity index (χ0) is 20.1. The van der Waals surface area contributed by atoms with Crippen LogP contribution in [0.5, 0.6) is 0 Å². The summed E-state index contributed by atoms with van der Waals surface area (Å²) in [5, 5.41) is 11.6. The maximum atomic E-state index is 12.4. The van der Waals surface area contributed by atoms with Crippen LogP contribution in [0.4, 0.5) is 5.82 Å². The van der Waals surface area contributed by atoms with Gasteiger partial charge in [0, 0.05) is 35.2 Å². The van der Waals surface area contributed by atoms with E-state index in [2.05, 4.69) is 36.3 Å². The van der Waals surface area contributed by atoms with Gasteiger partial charge in [-0.2, -0.15) is 0 Å². The third-order valence-electron chi connectivity index (χ3n) is 4.79. The van der Waals surface area contributed by atoms with Gasteiger partial charge in [-0.3, -0.25) is 4.79 Å². The van der Waals surface area contributed by atoms with Gasteiger partial charge in [-0.1, -0.05) is 40.2 Å². The molecule has 0 saturated carbocycles. The summed E-state index contributed by atoms with van der Waals surface area (Å²) in [6, 6.07) is 19.2. The van der Waals surface area contributed by atoms with Crippen molar-refractivity contribution in [2.24, 2.45) is 0 Å². The number of hydrogen-bond acceptors (Lipinski definition) is 5. The molecule has 6 nitrogen and oxygen atoms in total. The Morgan fingerprint density at radius 1 is 0.966 bits per heavy atom. The van der Waals surface area contributed by atoms with E-state index < -0.39 is 0 Å². The van der Waals surface area contributed by atoms with Crippen LogP contribution < -0.4 is 10.2 Å². The zero-order valence-corrected chi connectivity index (χ0v) is 17.4. The molecule has 1 aromatic heterocycles. The van der Waals surface area contributed by atoms with Gasteiger partial charge in [-0.15, -0.1) is 10.2 Å². The summed E-state index contributed by atoms with van der Waals surface area (Å²) in [5.74, 6) is 0.759. The molecule has 29 heavy (non-hydrogen) atoms. The predicted molar refractivity (Wildman–Crippen MR) is 116 cm³/mol. The number of nitrogens with zero attached hydrogens (tertiary/aromatic N) is 3. The molecule has 7 heteroatoms. The minimum Gasteiger partial charge on any atom is -0.378 e. The monoisotopic (exact) mass is 452 g/mol. The van der Waals surface area contributed by atoms with Crippen molar-refractivity contribution in [3.8, 4) is 11.3 Å². The van der Waals surface area contributed by atoms with Gasteiger partial charge in [0.1, 0.15) is 0 Å². The van der Waals surface area contributed by atoms with E-state index in [0.717, 1.165) is 53.4 Å². The molecule has 0 aliphatic carbocycles. The molecule has 1 N–H and O–H groups in total. The van der Waals surface area contributed by atoms with Crippen LogP contribution in [0, 0.1) is 0 Å². The quantitative estimate of drug-likeness (QED) is 0.639. The van der Waals surface area contributed by atoms with E-state index in [1.54, 1.807) is 0 Å². The van der Waals surface area contributed by atoms with Crippen LogP contribution >= 0.6 is 15.9 Å². The molecule has 1 aliphatic rings. The highest BCUT2D eigenvalue weighted by Crippen LogP contribution is 2.20. The summed E-state index contributed by atoms with van der Waals surface area (Å²) in [7, 11) is 0. The lowest BCUT2D eigenvalue weighted by Gasteiger charge is -2.27. The number of ether oxygens (including phenoxy) is 1. The zero-order valence-electron chi connectivity index (χ0n) is 15.8. The second kappa shape index (κ2) is 9.15. The van der Waals surface area contributed by atoms with Crippen molar-refractivity contribution in [2.75, 3.05) is 31.2 Å². The maximum absolute atomic E-state index is 12.4. The largest absolute Gasteiger partial charge is 0.378 e. The fraction of sp³-hybridized carbons (Fsp3) is 0.227. The predicted octanol–water partition coefficient (Wildman–Crippen LogP) is 3.67. The van der Waals surface area contributed by atoms with Crippen LogP contribution in [0.25, 0.3) is 11.3 Å². The molecule has 0 bridgehead atoms. The number of nitrogens with one attached hydrogen (secondary N) is 1. The number of benzene rings is 2. The molecule has 1 amide bonds. The van der Waals surface area contributed by atoms with E-state index in [1.807, 2.05) is 60.7 Å². The SMILES string of the molecule is O=C(NCc1ccc(Br)cc1)c1ccc(-c2ccc(N3CCOCC3)nn2)cc1. The highest BCUT2D eigenvalue weighted by atomic mass is 79.9. The molecule has 0 radical (unpaired) electrons. The summed E-state index contributed by atoms with van der Waals surface area (Å²) in [4.78, 5) is 14.6. The Morgan fingerprint density at radius 3 is 2.34 bits per heavy atom. The van der Waals surface area contributed by atoms with E-state index in [1.165, 1.54) is 0 Å². The Kier molecular flexibility index (Phi) is 6.17. The van der Waals surface area contributed by atoms with Gasteiger partial charge in [0.15, 0.2) is 5.82 Å². The number of amides is 1. The normalized spacial score (nSPS) is 13.9. The second-order valence-corrected chi connectivity index (χ2v) is 7.68. The van der Waals surface area contributed by atoms with Gasteiger partial charge in [-0.05, 0) is 42.0 Å². The average molecular weight is 453 g/mol. The molecule has 0 spiro atoms. The number of aromatic nitrogens is 2. The highest BCUT2D eigenvalue weighted by Gasteiger charge is 2.13. The fourth-order valence-electron chi connectivity index (χ4n) is 3.12. The molecule has 4 rings (SSSR count). The number of halogens is 1. The maximum Gasteiger partial charge on any atom is 0.251 e. The first kappa shape index (κ1) is 19.5. The van der Waals surface area contributed by atoms with Gasteiger partial charge >= 0.3 is 0 Å². The summed E-state index contributed by atoms with van der Waals surface area (Å²) in [6.45, 7) is 3.59. The van der Waals surface area contributed by atoms with Crippen molar-refractivity contribution < 1.29 is 9.53 Å². The Labute approximate surface area is 178 Å². The molecule has 1 fully saturated rings. The van der Waals surface area contributed by atoms with Crippen molar-refractivity contribution in [3.05, 3.63) is 76.3 Å². The number of anilines is 1. The third kappa shape index (κ3) is 4.99. The molecule has 148 valence electrons. The van der Waals surface area contributed by atoms with Crippen LogP contribution in [0.2, 0.25) is 0 Å². The molecule has 2 aromatic carbocycles. The summed E-state index contributed by atoms with van der Waals surface area (Å²) >= 11 is 3.41. The van der Waals surface area contributed by atoms with Crippen LogP contribution in [0.1, 0.15) is 15.9 Å². The van der Waals surface area contributed by atoms with Gasteiger partial charge in [0.25, 0.3) is 5.91 Å². The molecular formula is C22H21BrN4O2.